The molecule has 0 fully saturated rings. The lowest BCUT2D eigenvalue weighted by atomic mass is 10.0. The van der Waals surface area contributed by atoms with Gasteiger partial charge in [0.15, 0.2) is 5.96 Å². The van der Waals surface area contributed by atoms with Gasteiger partial charge in [-0.15, -0.1) is 24.0 Å². The Morgan fingerprint density at radius 2 is 2.18 bits per heavy atom. The Balaban J connectivity index is 0.00000280. The van der Waals surface area contributed by atoms with Crippen molar-refractivity contribution in [3.05, 3.63) is 47.9 Å². The molecule has 0 saturated heterocycles. The molecule has 7 nitrogen and oxygen atoms in total. The first-order valence-electron chi connectivity index (χ1n) is 9.34. The number of ether oxygens (including phenoxy) is 1. The summed E-state index contributed by atoms with van der Waals surface area (Å²) in [5.74, 6) is 2.58. The average Bonchev–Trinajstić information content (AvgIpc) is 3.18. The Hall–Kier alpha value is -2.23. The standard InChI is InChI=1S/C20H26N4O3.HI/c1-2-21-20(22-10-9-16-4-3-12-26-16)23-11-13-27-17-6-7-18-15(14-17)5-8-19(25)24-18;/h3-4,6-7,12,14H,2,5,8-11,13H2,1H3,(H,24,25)(H2,21,22,23);1H. The number of hydrogen-bond donors (Lipinski definition) is 3. The van der Waals surface area contributed by atoms with Crippen molar-refractivity contribution < 1.29 is 13.9 Å². The fraction of sp³-hybridized carbons (Fsp3) is 0.400. The Morgan fingerprint density at radius 3 is 2.96 bits per heavy atom. The Bertz CT molecular complexity index is 778. The van der Waals surface area contributed by atoms with Gasteiger partial charge >= 0.3 is 0 Å². The molecule has 2 aromatic rings. The molecule has 1 aromatic heterocycles. The van der Waals surface area contributed by atoms with Gasteiger partial charge in [-0.05, 0) is 49.2 Å². The molecule has 0 saturated carbocycles. The minimum atomic E-state index is 0. The number of furan rings is 1. The van der Waals surface area contributed by atoms with Crippen molar-refractivity contribution in [1.29, 1.82) is 0 Å². The molecule has 0 radical (unpaired) electrons. The van der Waals surface area contributed by atoms with E-state index in [9.17, 15) is 4.79 Å². The lowest BCUT2D eigenvalue weighted by Gasteiger charge is -2.18. The molecule has 0 spiro atoms. The van der Waals surface area contributed by atoms with Gasteiger partial charge in [-0.2, -0.15) is 0 Å². The number of carbonyl (C=O) groups excluding carboxylic acids is 1. The molecule has 3 N–H and O–H groups in total. The molecule has 1 aliphatic rings. The first-order valence-corrected chi connectivity index (χ1v) is 9.34. The van der Waals surface area contributed by atoms with E-state index in [1.165, 1.54) is 0 Å². The zero-order valence-corrected chi connectivity index (χ0v) is 18.3. The van der Waals surface area contributed by atoms with E-state index >= 15 is 0 Å². The van der Waals surface area contributed by atoms with Crippen LogP contribution in [0.15, 0.2) is 46.0 Å². The zero-order valence-electron chi connectivity index (χ0n) is 16.0. The van der Waals surface area contributed by atoms with E-state index in [-0.39, 0.29) is 29.9 Å². The second-order valence-corrected chi connectivity index (χ2v) is 6.23. The summed E-state index contributed by atoms with van der Waals surface area (Å²) in [4.78, 5) is 15.9. The molecule has 1 aliphatic heterocycles. The number of halogens is 1. The number of nitrogens with zero attached hydrogens (tertiary/aromatic N) is 1. The maximum atomic E-state index is 11.4. The van der Waals surface area contributed by atoms with Gasteiger partial charge in [0.25, 0.3) is 0 Å². The lowest BCUT2D eigenvalue weighted by Crippen LogP contribution is -2.39. The van der Waals surface area contributed by atoms with Crippen molar-refractivity contribution in [2.75, 3.05) is 31.6 Å². The number of carbonyl (C=O) groups is 1. The first-order chi connectivity index (χ1) is 13.2. The number of amides is 1. The van der Waals surface area contributed by atoms with Gasteiger partial charge in [0.2, 0.25) is 5.91 Å². The molecular formula is C20H27IN4O3. The number of benzene rings is 1. The third kappa shape index (κ3) is 6.74. The maximum absolute atomic E-state index is 11.4. The second kappa shape index (κ2) is 11.6. The minimum absolute atomic E-state index is 0. The number of fused-ring (bicyclic) bond motifs is 1. The van der Waals surface area contributed by atoms with Crippen molar-refractivity contribution in [2.24, 2.45) is 4.99 Å². The summed E-state index contributed by atoms with van der Waals surface area (Å²) < 4.78 is 11.1. The molecule has 0 atom stereocenters. The summed E-state index contributed by atoms with van der Waals surface area (Å²) in [6.07, 6.45) is 3.72. The minimum Gasteiger partial charge on any atom is -0.492 e. The van der Waals surface area contributed by atoms with Crippen LogP contribution >= 0.6 is 24.0 Å². The van der Waals surface area contributed by atoms with Gasteiger partial charge < -0.3 is 25.1 Å². The predicted octanol–water partition coefficient (Wildman–Crippen LogP) is 2.96. The molecule has 152 valence electrons. The summed E-state index contributed by atoms with van der Waals surface area (Å²) in [6, 6.07) is 9.61. The van der Waals surface area contributed by atoms with Gasteiger partial charge in [0.05, 0.1) is 12.8 Å². The number of anilines is 1. The van der Waals surface area contributed by atoms with Crippen molar-refractivity contribution in [2.45, 2.75) is 26.2 Å². The lowest BCUT2D eigenvalue weighted by molar-refractivity contribution is -0.116. The zero-order chi connectivity index (χ0) is 18.9. The summed E-state index contributed by atoms with van der Waals surface area (Å²) >= 11 is 0. The fourth-order valence-corrected chi connectivity index (χ4v) is 2.86. The van der Waals surface area contributed by atoms with Crippen LogP contribution in [0.1, 0.15) is 24.7 Å². The smallest absolute Gasteiger partial charge is 0.224 e. The molecular weight excluding hydrogens is 471 g/mol. The topological polar surface area (TPSA) is 87.9 Å². The number of rotatable bonds is 8. The van der Waals surface area contributed by atoms with Gasteiger partial charge in [-0.3, -0.25) is 9.79 Å². The molecule has 0 unspecified atom stereocenters. The van der Waals surface area contributed by atoms with Crippen LogP contribution in [0.2, 0.25) is 0 Å². The Kier molecular flexibility index (Phi) is 9.12. The van der Waals surface area contributed by atoms with E-state index in [0.29, 0.717) is 26.1 Å². The summed E-state index contributed by atoms with van der Waals surface area (Å²) in [5, 5.41) is 9.36. The summed E-state index contributed by atoms with van der Waals surface area (Å²) in [7, 11) is 0. The molecule has 2 heterocycles. The highest BCUT2D eigenvalue weighted by Gasteiger charge is 2.14. The van der Waals surface area contributed by atoms with Gasteiger partial charge in [-0.25, -0.2) is 0 Å². The molecule has 3 rings (SSSR count). The molecule has 1 amide bonds. The predicted molar refractivity (Wildman–Crippen MR) is 121 cm³/mol. The van der Waals surface area contributed by atoms with Crippen LogP contribution in [0, 0.1) is 0 Å². The summed E-state index contributed by atoms with van der Waals surface area (Å²) in [5.41, 5.74) is 2.00. The Morgan fingerprint density at radius 1 is 1.29 bits per heavy atom. The van der Waals surface area contributed by atoms with Crippen LogP contribution in [-0.2, 0) is 17.6 Å². The third-order valence-electron chi connectivity index (χ3n) is 4.19. The van der Waals surface area contributed by atoms with E-state index in [1.54, 1.807) is 6.26 Å². The second-order valence-electron chi connectivity index (χ2n) is 6.23. The highest BCUT2D eigenvalue weighted by Crippen LogP contribution is 2.26. The molecule has 1 aromatic carbocycles. The van der Waals surface area contributed by atoms with Crippen LogP contribution in [-0.4, -0.2) is 38.1 Å². The molecule has 0 bridgehead atoms. The van der Waals surface area contributed by atoms with E-state index in [1.807, 2.05) is 37.3 Å². The average molecular weight is 498 g/mol. The molecule has 28 heavy (non-hydrogen) atoms. The van der Waals surface area contributed by atoms with Crippen molar-refractivity contribution >= 4 is 41.5 Å². The van der Waals surface area contributed by atoms with Crippen molar-refractivity contribution in [1.82, 2.24) is 10.6 Å². The van der Waals surface area contributed by atoms with Crippen LogP contribution < -0.4 is 20.7 Å². The normalized spacial score (nSPS) is 13.2. The SMILES string of the molecule is CCNC(=NCCc1ccco1)NCCOc1ccc2c(c1)CCC(=O)N2.I. The van der Waals surface area contributed by atoms with Crippen LogP contribution in [0.4, 0.5) is 5.69 Å². The van der Waals surface area contributed by atoms with E-state index in [2.05, 4.69) is 20.9 Å². The van der Waals surface area contributed by atoms with E-state index in [4.69, 9.17) is 9.15 Å². The monoisotopic (exact) mass is 498 g/mol. The number of aryl methyl sites for hydroxylation is 1. The first kappa shape index (κ1) is 22.1. The summed E-state index contributed by atoms with van der Waals surface area (Å²) in [6.45, 7) is 4.64. The highest BCUT2D eigenvalue weighted by molar-refractivity contribution is 14.0. The number of nitrogens with one attached hydrogen (secondary N) is 3. The van der Waals surface area contributed by atoms with E-state index in [0.717, 1.165) is 48.1 Å². The van der Waals surface area contributed by atoms with Gasteiger partial charge in [0, 0.05) is 31.6 Å². The van der Waals surface area contributed by atoms with E-state index < -0.39 is 0 Å². The molecule has 0 aliphatic carbocycles. The quantitative estimate of drug-likeness (QED) is 0.226. The number of aliphatic imine (C=N–C) groups is 1. The molecule has 8 heteroatoms. The third-order valence-corrected chi connectivity index (χ3v) is 4.19. The number of guanidine groups is 1. The van der Waals surface area contributed by atoms with Gasteiger partial charge in [0.1, 0.15) is 18.1 Å². The van der Waals surface area contributed by atoms with Crippen LogP contribution in [0.3, 0.4) is 0 Å². The number of hydrogen-bond acceptors (Lipinski definition) is 4. The van der Waals surface area contributed by atoms with Crippen LogP contribution in [0.25, 0.3) is 0 Å². The maximum Gasteiger partial charge on any atom is 0.224 e. The Labute approximate surface area is 182 Å². The van der Waals surface area contributed by atoms with Crippen LogP contribution in [0.5, 0.6) is 5.75 Å². The van der Waals surface area contributed by atoms with Crippen molar-refractivity contribution in [3.8, 4) is 5.75 Å². The largest absolute Gasteiger partial charge is 0.492 e. The van der Waals surface area contributed by atoms with Gasteiger partial charge in [-0.1, -0.05) is 0 Å². The van der Waals surface area contributed by atoms with Crippen molar-refractivity contribution in [3.63, 3.8) is 0 Å². The fourth-order valence-electron chi connectivity index (χ4n) is 2.86. The highest BCUT2D eigenvalue weighted by atomic mass is 127.